The summed E-state index contributed by atoms with van der Waals surface area (Å²) in [5.41, 5.74) is 0.866. The Morgan fingerprint density at radius 3 is 2.16 bits per heavy atom. The van der Waals surface area contributed by atoms with Gasteiger partial charge in [-0.1, -0.05) is 19.1 Å². The molecular formula is C14H18ClNO3. The molecule has 1 amide bonds. The maximum Gasteiger partial charge on any atom is 0.412 e. The van der Waals surface area contributed by atoms with E-state index in [1.807, 2.05) is 0 Å². The molecule has 0 aromatic heterocycles. The lowest BCUT2D eigenvalue weighted by Gasteiger charge is -2.19. The standard InChI is InChI=1S/C14H18ClNO3/c1-9(12(15)17)10-5-7-11(8-6-10)16-13(18)19-14(2,3)4/h5-9H,1-4H3,(H,16,18)/t9-/m0/s1. The van der Waals surface area contributed by atoms with Crippen LogP contribution in [0.25, 0.3) is 0 Å². The zero-order valence-corrected chi connectivity index (χ0v) is 12.2. The molecule has 0 aliphatic carbocycles. The van der Waals surface area contributed by atoms with Crippen LogP contribution in [0.5, 0.6) is 0 Å². The summed E-state index contributed by atoms with van der Waals surface area (Å²) in [4.78, 5) is 22.6. The molecule has 1 N–H and O–H groups in total. The smallest absolute Gasteiger partial charge is 0.412 e. The number of anilines is 1. The van der Waals surface area contributed by atoms with E-state index in [9.17, 15) is 9.59 Å². The Morgan fingerprint density at radius 1 is 1.21 bits per heavy atom. The maximum absolute atomic E-state index is 11.5. The third-order valence-corrected chi connectivity index (χ3v) is 2.72. The second kappa shape index (κ2) is 6.06. The van der Waals surface area contributed by atoms with Crippen molar-refractivity contribution in [3.8, 4) is 0 Å². The molecule has 19 heavy (non-hydrogen) atoms. The van der Waals surface area contributed by atoms with Crippen molar-refractivity contribution in [3.05, 3.63) is 29.8 Å². The van der Waals surface area contributed by atoms with Crippen molar-refractivity contribution in [2.24, 2.45) is 0 Å². The van der Waals surface area contributed by atoms with Gasteiger partial charge in [-0.2, -0.15) is 0 Å². The van der Waals surface area contributed by atoms with Crippen LogP contribution in [-0.4, -0.2) is 16.9 Å². The first-order valence-corrected chi connectivity index (χ1v) is 6.36. The van der Waals surface area contributed by atoms with Gasteiger partial charge in [0.15, 0.2) is 0 Å². The Bertz CT molecular complexity index is 463. The Labute approximate surface area is 118 Å². The molecule has 0 unspecified atom stereocenters. The average molecular weight is 284 g/mol. The molecule has 0 spiro atoms. The van der Waals surface area contributed by atoms with Crippen LogP contribution >= 0.6 is 11.6 Å². The highest BCUT2D eigenvalue weighted by Crippen LogP contribution is 2.20. The summed E-state index contributed by atoms with van der Waals surface area (Å²) in [6.45, 7) is 7.11. The van der Waals surface area contributed by atoms with E-state index in [4.69, 9.17) is 16.3 Å². The number of nitrogens with one attached hydrogen (secondary N) is 1. The van der Waals surface area contributed by atoms with E-state index >= 15 is 0 Å². The lowest BCUT2D eigenvalue weighted by Crippen LogP contribution is -2.27. The van der Waals surface area contributed by atoms with Crippen molar-refractivity contribution in [1.29, 1.82) is 0 Å². The molecule has 104 valence electrons. The first kappa shape index (κ1) is 15.5. The molecule has 0 aliphatic rings. The lowest BCUT2D eigenvalue weighted by molar-refractivity contribution is -0.112. The minimum absolute atomic E-state index is 0.364. The fourth-order valence-electron chi connectivity index (χ4n) is 1.41. The number of carbonyl (C=O) groups is 2. The molecule has 5 heteroatoms. The molecule has 1 atom stereocenters. The zero-order valence-electron chi connectivity index (χ0n) is 11.5. The summed E-state index contributed by atoms with van der Waals surface area (Å²) in [6, 6.07) is 6.90. The molecule has 0 heterocycles. The van der Waals surface area contributed by atoms with Gasteiger partial charge in [-0.3, -0.25) is 10.1 Å². The fourth-order valence-corrected chi connectivity index (χ4v) is 1.53. The summed E-state index contributed by atoms with van der Waals surface area (Å²) in [5, 5.41) is 2.21. The molecule has 0 radical (unpaired) electrons. The minimum atomic E-state index is -0.538. The van der Waals surface area contributed by atoms with E-state index in [-0.39, 0.29) is 5.92 Å². The molecule has 1 rings (SSSR count). The van der Waals surface area contributed by atoms with Crippen LogP contribution in [0.3, 0.4) is 0 Å². The van der Waals surface area contributed by atoms with E-state index in [0.717, 1.165) is 5.56 Å². The predicted molar refractivity (Wildman–Crippen MR) is 75.6 cm³/mol. The van der Waals surface area contributed by atoms with Crippen molar-refractivity contribution < 1.29 is 14.3 Å². The monoisotopic (exact) mass is 283 g/mol. The second-order valence-electron chi connectivity index (χ2n) is 5.27. The van der Waals surface area contributed by atoms with Gasteiger partial charge >= 0.3 is 6.09 Å². The number of amides is 1. The normalized spacial score (nSPS) is 12.7. The van der Waals surface area contributed by atoms with E-state index in [1.54, 1.807) is 52.0 Å². The highest BCUT2D eigenvalue weighted by Gasteiger charge is 2.16. The molecule has 1 aromatic carbocycles. The predicted octanol–water partition coefficient (Wildman–Crippen LogP) is 3.90. The Morgan fingerprint density at radius 2 is 1.74 bits per heavy atom. The van der Waals surface area contributed by atoms with Crippen LogP contribution in [0.2, 0.25) is 0 Å². The summed E-state index contributed by atoms with van der Waals surface area (Å²) in [6.07, 6.45) is -0.512. The minimum Gasteiger partial charge on any atom is -0.444 e. The first-order valence-electron chi connectivity index (χ1n) is 5.98. The van der Waals surface area contributed by atoms with Crippen molar-refractivity contribution >= 4 is 28.6 Å². The number of hydrogen-bond donors (Lipinski definition) is 1. The van der Waals surface area contributed by atoms with Crippen molar-refractivity contribution in [3.63, 3.8) is 0 Å². The van der Waals surface area contributed by atoms with E-state index in [1.165, 1.54) is 0 Å². The van der Waals surface area contributed by atoms with Crippen molar-refractivity contribution in [1.82, 2.24) is 0 Å². The molecule has 0 aliphatic heterocycles. The van der Waals surface area contributed by atoms with Gasteiger partial charge in [-0.15, -0.1) is 0 Å². The second-order valence-corrected chi connectivity index (χ2v) is 5.65. The Kier molecular flexibility index (Phi) is 4.95. The number of hydrogen-bond acceptors (Lipinski definition) is 3. The maximum atomic E-state index is 11.5. The fraction of sp³-hybridized carbons (Fsp3) is 0.429. The topological polar surface area (TPSA) is 55.4 Å². The lowest BCUT2D eigenvalue weighted by atomic mass is 10.0. The molecule has 0 bridgehead atoms. The van der Waals surface area contributed by atoms with Gasteiger partial charge in [0.2, 0.25) is 5.24 Å². The summed E-state index contributed by atoms with van der Waals surface area (Å²) in [5.74, 6) is -0.364. The van der Waals surface area contributed by atoms with Crippen LogP contribution in [0.4, 0.5) is 10.5 Å². The van der Waals surface area contributed by atoms with Crippen LogP contribution < -0.4 is 5.32 Å². The Balaban J connectivity index is 2.67. The van der Waals surface area contributed by atoms with Gasteiger partial charge in [0.25, 0.3) is 0 Å². The molecule has 0 fully saturated rings. The number of benzene rings is 1. The largest absolute Gasteiger partial charge is 0.444 e. The molecule has 4 nitrogen and oxygen atoms in total. The van der Waals surface area contributed by atoms with Crippen molar-refractivity contribution in [2.45, 2.75) is 39.2 Å². The highest BCUT2D eigenvalue weighted by atomic mass is 35.5. The van der Waals surface area contributed by atoms with Crippen LogP contribution in [0, 0.1) is 0 Å². The summed E-state index contributed by atoms with van der Waals surface area (Å²) in [7, 11) is 0. The van der Waals surface area contributed by atoms with Gasteiger partial charge in [-0.25, -0.2) is 4.79 Å². The van der Waals surface area contributed by atoms with E-state index in [2.05, 4.69) is 5.32 Å². The quantitative estimate of drug-likeness (QED) is 0.856. The number of halogens is 1. The van der Waals surface area contributed by atoms with Gasteiger partial charge in [0.1, 0.15) is 5.60 Å². The number of carbonyl (C=O) groups excluding carboxylic acids is 2. The van der Waals surface area contributed by atoms with Gasteiger partial charge in [0.05, 0.1) is 5.92 Å². The van der Waals surface area contributed by atoms with E-state index in [0.29, 0.717) is 5.69 Å². The van der Waals surface area contributed by atoms with E-state index < -0.39 is 16.9 Å². The van der Waals surface area contributed by atoms with Gasteiger partial charge in [0, 0.05) is 5.69 Å². The molecule has 0 saturated carbocycles. The third kappa shape index (κ3) is 5.30. The molecule has 0 saturated heterocycles. The Hall–Kier alpha value is -1.55. The SMILES string of the molecule is C[C@H](C(=O)Cl)c1ccc(NC(=O)OC(C)(C)C)cc1. The summed E-state index contributed by atoms with van der Waals surface area (Å²) >= 11 is 5.43. The van der Waals surface area contributed by atoms with Crippen LogP contribution in [0.15, 0.2) is 24.3 Å². The number of ether oxygens (including phenoxy) is 1. The molecular weight excluding hydrogens is 266 g/mol. The van der Waals surface area contributed by atoms with Gasteiger partial charge < -0.3 is 4.74 Å². The molecule has 1 aromatic rings. The zero-order chi connectivity index (χ0) is 14.6. The third-order valence-electron chi connectivity index (χ3n) is 2.40. The van der Waals surface area contributed by atoms with Crippen LogP contribution in [0.1, 0.15) is 39.2 Å². The van der Waals surface area contributed by atoms with Crippen LogP contribution in [-0.2, 0) is 9.53 Å². The van der Waals surface area contributed by atoms with Gasteiger partial charge in [-0.05, 0) is 50.1 Å². The highest BCUT2D eigenvalue weighted by molar-refractivity contribution is 6.64. The average Bonchev–Trinajstić information content (AvgIpc) is 2.26. The number of rotatable bonds is 3. The van der Waals surface area contributed by atoms with Crippen molar-refractivity contribution in [2.75, 3.05) is 5.32 Å². The summed E-state index contributed by atoms with van der Waals surface area (Å²) < 4.78 is 5.13. The first-order chi connectivity index (χ1) is 8.69.